The van der Waals surface area contributed by atoms with Crippen molar-refractivity contribution in [3.63, 3.8) is 0 Å². The van der Waals surface area contributed by atoms with Crippen LogP contribution in [0.4, 0.5) is 0 Å². The number of rotatable bonds is 6. The van der Waals surface area contributed by atoms with Crippen LogP contribution in [0, 0.1) is 11.8 Å². The van der Waals surface area contributed by atoms with E-state index in [1.807, 2.05) is 6.92 Å². The molecule has 0 saturated heterocycles. The van der Waals surface area contributed by atoms with Gasteiger partial charge in [-0.1, -0.05) is 6.92 Å². The van der Waals surface area contributed by atoms with Crippen molar-refractivity contribution in [1.29, 1.82) is 0 Å². The topological polar surface area (TPSA) is 76.4 Å². The van der Waals surface area contributed by atoms with Crippen molar-refractivity contribution in [3.8, 4) is 0 Å². The molecule has 0 radical (unpaired) electrons. The number of carbonyl (C=O) groups is 1. The lowest BCUT2D eigenvalue weighted by molar-refractivity contribution is 0.109. The predicted octanol–water partition coefficient (Wildman–Crippen LogP) is 1.42. The predicted molar refractivity (Wildman–Crippen MR) is 61.2 cm³/mol. The summed E-state index contributed by atoms with van der Waals surface area (Å²) in [5, 5.41) is -0.206. The van der Waals surface area contributed by atoms with Crippen LogP contribution in [0.5, 0.6) is 0 Å². The smallest absolute Gasteiger partial charge is 0.273 e. The molecule has 5 nitrogen and oxygen atoms in total. The minimum absolute atomic E-state index is 0.0145. The molecule has 1 atom stereocenters. The molecule has 1 aromatic rings. The van der Waals surface area contributed by atoms with Gasteiger partial charge in [0.25, 0.3) is 10.0 Å². The maximum atomic E-state index is 11.8. The van der Waals surface area contributed by atoms with Gasteiger partial charge in [-0.15, -0.1) is 0 Å². The second kappa shape index (κ2) is 4.62. The average Bonchev–Trinajstić information content (AvgIpc) is 3.03. The highest BCUT2D eigenvalue weighted by Gasteiger charge is 2.29. The van der Waals surface area contributed by atoms with E-state index in [-0.39, 0.29) is 10.9 Å². The number of carbonyl (C=O) groups excluding carboxylic acids is 1. The van der Waals surface area contributed by atoms with E-state index in [2.05, 4.69) is 4.72 Å². The van der Waals surface area contributed by atoms with Gasteiger partial charge in [0.15, 0.2) is 12.0 Å². The molecule has 0 aliphatic heterocycles. The summed E-state index contributed by atoms with van der Waals surface area (Å²) in [5.41, 5.74) is 0. The fourth-order valence-electron chi connectivity index (χ4n) is 1.69. The molecule has 0 bridgehead atoms. The van der Waals surface area contributed by atoms with Crippen molar-refractivity contribution < 1.29 is 17.6 Å². The van der Waals surface area contributed by atoms with Crippen LogP contribution < -0.4 is 4.72 Å². The first kappa shape index (κ1) is 12.3. The molecule has 2 rings (SSSR count). The molecule has 1 aromatic heterocycles. The number of nitrogens with one attached hydrogen (secondary N) is 1. The molecular weight excluding hydrogens is 242 g/mol. The Hall–Kier alpha value is -1.14. The van der Waals surface area contributed by atoms with Crippen LogP contribution in [-0.4, -0.2) is 21.2 Å². The summed E-state index contributed by atoms with van der Waals surface area (Å²) in [6.45, 7) is 2.43. The first-order valence-electron chi connectivity index (χ1n) is 5.57. The zero-order valence-corrected chi connectivity index (χ0v) is 10.4. The maximum absolute atomic E-state index is 11.8. The molecule has 6 heteroatoms. The van der Waals surface area contributed by atoms with Crippen LogP contribution in [0.1, 0.15) is 30.3 Å². The Kier molecular flexibility index (Phi) is 3.35. The highest BCUT2D eigenvalue weighted by atomic mass is 32.2. The van der Waals surface area contributed by atoms with Crippen LogP contribution in [-0.2, 0) is 10.0 Å². The quantitative estimate of drug-likeness (QED) is 0.782. The van der Waals surface area contributed by atoms with E-state index in [4.69, 9.17) is 4.42 Å². The van der Waals surface area contributed by atoms with Gasteiger partial charge in [-0.05, 0) is 36.8 Å². The van der Waals surface area contributed by atoms with Gasteiger partial charge < -0.3 is 4.42 Å². The lowest BCUT2D eigenvalue weighted by Crippen LogP contribution is -2.28. The Morgan fingerprint density at radius 2 is 2.24 bits per heavy atom. The van der Waals surface area contributed by atoms with Crippen LogP contribution in [0.2, 0.25) is 0 Å². The third-order valence-electron chi connectivity index (χ3n) is 3.01. The molecule has 0 aromatic carbocycles. The Bertz CT molecular complexity index is 501. The van der Waals surface area contributed by atoms with Gasteiger partial charge in [-0.25, -0.2) is 13.1 Å². The van der Waals surface area contributed by atoms with Crippen LogP contribution in [0.25, 0.3) is 0 Å². The van der Waals surface area contributed by atoms with Crippen molar-refractivity contribution in [2.45, 2.75) is 24.9 Å². The first-order chi connectivity index (χ1) is 8.03. The van der Waals surface area contributed by atoms with Crippen molar-refractivity contribution in [3.05, 3.63) is 17.9 Å². The fourth-order valence-corrected chi connectivity index (χ4v) is 2.76. The van der Waals surface area contributed by atoms with Crippen molar-refractivity contribution in [2.24, 2.45) is 11.8 Å². The summed E-state index contributed by atoms with van der Waals surface area (Å²) >= 11 is 0. The van der Waals surface area contributed by atoms with E-state index in [1.54, 1.807) is 0 Å². The summed E-state index contributed by atoms with van der Waals surface area (Å²) in [5.74, 6) is 0.991. The highest BCUT2D eigenvalue weighted by Crippen LogP contribution is 2.36. The largest absolute Gasteiger partial charge is 0.440 e. The molecule has 1 heterocycles. The number of aldehydes is 1. The van der Waals surface area contributed by atoms with Gasteiger partial charge in [0, 0.05) is 6.54 Å². The SMILES string of the molecule is CC(CNS(=O)(=O)c1ccc(C=O)o1)C1CC1. The number of sulfonamides is 1. The molecule has 1 saturated carbocycles. The third kappa shape index (κ3) is 2.95. The maximum Gasteiger partial charge on any atom is 0.273 e. The fraction of sp³-hybridized carbons (Fsp3) is 0.545. The van der Waals surface area contributed by atoms with Gasteiger partial charge in [-0.3, -0.25) is 4.79 Å². The Morgan fingerprint density at radius 3 is 2.76 bits per heavy atom. The lowest BCUT2D eigenvalue weighted by Gasteiger charge is -2.10. The van der Waals surface area contributed by atoms with Crippen molar-refractivity contribution in [1.82, 2.24) is 4.72 Å². The van der Waals surface area contributed by atoms with E-state index >= 15 is 0 Å². The molecular formula is C11H15NO4S. The van der Waals surface area contributed by atoms with Crippen LogP contribution in [0.3, 0.4) is 0 Å². The van der Waals surface area contributed by atoms with Gasteiger partial charge in [0.2, 0.25) is 5.09 Å². The zero-order chi connectivity index (χ0) is 12.5. The summed E-state index contributed by atoms with van der Waals surface area (Å²) in [6.07, 6.45) is 2.84. The number of hydrogen-bond acceptors (Lipinski definition) is 4. The molecule has 1 aliphatic carbocycles. The number of furan rings is 1. The Labute approximate surface area is 100 Å². The van der Waals surface area contributed by atoms with Crippen LogP contribution in [0.15, 0.2) is 21.6 Å². The number of hydrogen-bond donors (Lipinski definition) is 1. The summed E-state index contributed by atoms with van der Waals surface area (Å²) in [7, 11) is -3.63. The standard InChI is InChI=1S/C11H15NO4S/c1-8(9-2-3-9)6-12-17(14,15)11-5-4-10(7-13)16-11/h4-5,7-9,12H,2-3,6H2,1H3. The van der Waals surface area contributed by atoms with E-state index in [1.165, 1.54) is 25.0 Å². The summed E-state index contributed by atoms with van der Waals surface area (Å²) in [4.78, 5) is 10.4. The first-order valence-corrected chi connectivity index (χ1v) is 7.06. The molecule has 1 fully saturated rings. The van der Waals surface area contributed by atoms with Gasteiger partial charge in [-0.2, -0.15) is 0 Å². The van der Waals surface area contributed by atoms with Crippen molar-refractivity contribution >= 4 is 16.3 Å². The van der Waals surface area contributed by atoms with E-state index in [9.17, 15) is 13.2 Å². The molecule has 1 unspecified atom stereocenters. The Morgan fingerprint density at radius 1 is 1.53 bits per heavy atom. The van der Waals surface area contributed by atoms with Crippen molar-refractivity contribution in [2.75, 3.05) is 6.54 Å². The molecule has 17 heavy (non-hydrogen) atoms. The summed E-state index contributed by atoms with van der Waals surface area (Å²) in [6, 6.07) is 2.62. The molecule has 0 amide bonds. The minimum atomic E-state index is -3.63. The lowest BCUT2D eigenvalue weighted by atomic mass is 10.1. The molecule has 94 valence electrons. The highest BCUT2D eigenvalue weighted by molar-refractivity contribution is 7.89. The second-order valence-corrected chi connectivity index (χ2v) is 6.14. The molecule has 0 spiro atoms. The monoisotopic (exact) mass is 257 g/mol. The third-order valence-corrected chi connectivity index (χ3v) is 4.30. The normalized spacial score (nSPS) is 17.9. The van der Waals surface area contributed by atoms with Crippen LogP contribution >= 0.6 is 0 Å². The zero-order valence-electron chi connectivity index (χ0n) is 9.55. The van der Waals surface area contributed by atoms with E-state index < -0.39 is 10.0 Å². The van der Waals surface area contributed by atoms with E-state index in [0.717, 1.165) is 0 Å². The Balaban J connectivity index is 1.99. The second-order valence-electron chi connectivity index (χ2n) is 4.44. The molecule has 1 aliphatic rings. The molecule has 1 N–H and O–H groups in total. The van der Waals surface area contributed by atoms with Gasteiger partial charge >= 0.3 is 0 Å². The summed E-state index contributed by atoms with van der Waals surface area (Å²) < 4.78 is 31.0. The van der Waals surface area contributed by atoms with Gasteiger partial charge in [0.1, 0.15) is 0 Å². The van der Waals surface area contributed by atoms with Gasteiger partial charge in [0.05, 0.1) is 0 Å². The average molecular weight is 257 g/mol. The van der Waals surface area contributed by atoms with E-state index in [0.29, 0.717) is 24.7 Å². The minimum Gasteiger partial charge on any atom is -0.440 e.